The number of nitrogens with zero attached hydrogens (tertiary/aromatic N) is 1. The van der Waals surface area contributed by atoms with Crippen LogP contribution in [0.1, 0.15) is 5.56 Å². The predicted molar refractivity (Wildman–Crippen MR) is 63.5 cm³/mol. The fourth-order valence-electron chi connectivity index (χ4n) is 2.06. The first-order valence-corrected chi connectivity index (χ1v) is 6.04. The summed E-state index contributed by atoms with van der Waals surface area (Å²) in [5, 5.41) is 9.17. The molecule has 1 aliphatic heterocycles. The third-order valence-electron chi connectivity index (χ3n) is 3.10. The van der Waals surface area contributed by atoms with E-state index >= 15 is 0 Å². The third kappa shape index (κ3) is 3.27. The number of benzene rings is 1. The van der Waals surface area contributed by atoms with E-state index in [4.69, 9.17) is 4.74 Å². The molecule has 2 rings (SSSR count). The van der Waals surface area contributed by atoms with Crippen molar-refractivity contribution >= 4 is 5.91 Å². The van der Waals surface area contributed by atoms with Crippen LogP contribution in [0.2, 0.25) is 0 Å². The highest BCUT2D eigenvalue weighted by Crippen LogP contribution is 2.13. The second-order valence-electron chi connectivity index (χ2n) is 4.42. The van der Waals surface area contributed by atoms with Crippen LogP contribution in [0.5, 0.6) is 0 Å². The van der Waals surface area contributed by atoms with Crippen molar-refractivity contribution in [3.8, 4) is 0 Å². The largest absolute Gasteiger partial charge is 0.394 e. The Morgan fingerprint density at radius 1 is 1.42 bits per heavy atom. The second kappa shape index (κ2) is 6.08. The summed E-state index contributed by atoms with van der Waals surface area (Å²) >= 11 is 0. The van der Waals surface area contributed by atoms with Gasteiger partial charge in [-0.25, -0.2) is 8.78 Å². The quantitative estimate of drug-likeness (QED) is 0.881. The second-order valence-corrected chi connectivity index (χ2v) is 4.42. The van der Waals surface area contributed by atoms with Gasteiger partial charge in [0.15, 0.2) is 11.6 Å². The topological polar surface area (TPSA) is 49.8 Å². The van der Waals surface area contributed by atoms with Crippen LogP contribution in [0.15, 0.2) is 18.2 Å². The number of ether oxygens (including phenoxy) is 1. The Morgan fingerprint density at radius 3 is 2.89 bits per heavy atom. The van der Waals surface area contributed by atoms with Crippen LogP contribution in [-0.4, -0.2) is 48.3 Å². The lowest BCUT2D eigenvalue weighted by Crippen LogP contribution is -2.51. The molecule has 1 fully saturated rings. The van der Waals surface area contributed by atoms with Crippen LogP contribution in [0.3, 0.4) is 0 Å². The first-order valence-electron chi connectivity index (χ1n) is 6.04. The van der Waals surface area contributed by atoms with Gasteiger partial charge >= 0.3 is 0 Å². The highest BCUT2D eigenvalue weighted by atomic mass is 19.2. The van der Waals surface area contributed by atoms with E-state index in [2.05, 4.69) is 0 Å². The van der Waals surface area contributed by atoms with Gasteiger partial charge in [-0.15, -0.1) is 0 Å². The Kier molecular flexibility index (Phi) is 4.44. The van der Waals surface area contributed by atoms with Crippen LogP contribution < -0.4 is 0 Å². The average Bonchev–Trinajstić information content (AvgIpc) is 2.43. The molecule has 1 aromatic carbocycles. The van der Waals surface area contributed by atoms with Gasteiger partial charge in [-0.05, 0) is 17.7 Å². The molecule has 104 valence electrons. The first-order chi connectivity index (χ1) is 9.11. The van der Waals surface area contributed by atoms with Crippen LogP contribution in [0.4, 0.5) is 8.78 Å². The van der Waals surface area contributed by atoms with Gasteiger partial charge < -0.3 is 14.7 Å². The van der Waals surface area contributed by atoms with Crippen molar-refractivity contribution in [3.05, 3.63) is 35.4 Å². The van der Waals surface area contributed by atoms with E-state index < -0.39 is 11.6 Å². The Bertz CT molecular complexity index is 467. The summed E-state index contributed by atoms with van der Waals surface area (Å²) in [6.07, 6.45) is -0.0201. The van der Waals surface area contributed by atoms with E-state index in [1.54, 1.807) is 0 Å². The number of halogens is 2. The smallest absolute Gasteiger partial charge is 0.227 e. The van der Waals surface area contributed by atoms with Gasteiger partial charge in [-0.1, -0.05) is 6.07 Å². The highest BCUT2D eigenvalue weighted by molar-refractivity contribution is 5.79. The molecule has 6 heteroatoms. The summed E-state index contributed by atoms with van der Waals surface area (Å²) in [5.41, 5.74) is 0.409. The van der Waals surface area contributed by atoms with Gasteiger partial charge in [0.2, 0.25) is 5.91 Å². The highest BCUT2D eigenvalue weighted by Gasteiger charge is 2.26. The number of hydrogen-bond acceptors (Lipinski definition) is 3. The van der Waals surface area contributed by atoms with Crippen molar-refractivity contribution in [3.63, 3.8) is 0 Å². The normalized spacial score (nSPS) is 19.5. The lowest BCUT2D eigenvalue weighted by molar-refractivity contribution is -0.140. The van der Waals surface area contributed by atoms with E-state index in [9.17, 15) is 18.7 Å². The fourth-order valence-corrected chi connectivity index (χ4v) is 2.06. The van der Waals surface area contributed by atoms with Crippen molar-refractivity contribution in [2.75, 3.05) is 26.4 Å². The van der Waals surface area contributed by atoms with Gasteiger partial charge in [0.05, 0.1) is 32.3 Å². The Morgan fingerprint density at radius 2 is 2.21 bits per heavy atom. The Hall–Kier alpha value is -1.53. The molecule has 1 aromatic rings. The summed E-state index contributed by atoms with van der Waals surface area (Å²) in [7, 11) is 0. The molecule has 1 N–H and O–H groups in total. The predicted octanol–water partition coefficient (Wildman–Crippen LogP) is 0.727. The molecule has 19 heavy (non-hydrogen) atoms. The van der Waals surface area contributed by atoms with Crippen molar-refractivity contribution in [2.45, 2.75) is 12.5 Å². The molecule has 4 nitrogen and oxygen atoms in total. The zero-order valence-corrected chi connectivity index (χ0v) is 10.3. The molecule has 1 heterocycles. The molecule has 1 unspecified atom stereocenters. The van der Waals surface area contributed by atoms with E-state index in [0.717, 1.165) is 12.1 Å². The molecular formula is C13H15F2NO3. The van der Waals surface area contributed by atoms with E-state index in [1.807, 2.05) is 0 Å². The maximum absolute atomic E-state index is 13.1. The average molecular weight is 271 g/mol. The number of amides is 1. The van der Waals surface area contributed by atoms with Crippen molar-refractivity contribution in [1.82, 2.24) is 4.90 Å². The number of aliphatic hydroxyl groups excluding tert-OH is 1. The summed E-state index contributed by atoms with van der Waals surface area (Å²) in [5.74, 6) is -2.13. The minimum absolute atomic E-state index is 0.0201. The Balaban J connectivity index is 2.05. The van der Waals surface area contributed by atoms with E-state index in [-0.39, 0.29) is 25.0 Å². The third-order valence-corrected chi connectivity index (χ3v) is 3.10. The lowest BCUT2D eigenvalue weighted by Gasteiger charge is -2.34. The number of carbonyl (C=O) groups is 1. The minimum atomic E-state index is -0.967. The molecule has 1 amide bonds. The minimum Gasteiger partial charge on any atom is -0.394 e. The molecular weight excluding hydrogens is 256 g/mol. The molecule has 0 aliphatic carbocycles. The molecule has 0 bridgehead atoms. The van der Waals surface area contributed by atoms with Gasteiger partial charge in [0.1, 0.15) is 0 Å². The molecule has 1 saturated heterocycles. The maximum atomic E-state index is 13.1. The van der Waals surface area contributed by atoms with Crippen LogP contribution in [0.25, 0.3) is 0 Å². The number of morpholine rings is 1. The van der Waals surface area contributed by atoms with Gasteiger partial charge in [-0.2, -0.15) is 0 Å². The van der Waals surface area contributed by atoms with E-state index in [1.165, 1.54) is 11.0 Å². The van der Waals surface area contributed by atoms with Crippen molar-refractivity contribution in [1.29, 1.82) is 0 Å². The standard InChI is InChI=1S/C13H15F2NO3/c14-11-2-1-9(5-12(11)15)6-13(18)16-3-4-19-8-10(16)7-17/h1-2,5,10,17H,3-4,6-8H2. The number of aliphatic hydroxyl groups is 1. The zero-order chi connectivity index (χ0) is 13.8. The van der Waals surface area contributed by atoms with Crippen molar-refractivity contribution < 1.29 is 23.4 Å². The number of rotatable bonds is 3. The van der Waals surface area contributed by atoms with E-state index in [0.29, 0.717) is 25.3 Å². The van der Waals surface area contributed by atoms with Crippen LogP contribution in [-0.2, 0) is 16.0 Å². The van der Waals surface area contributed by atoms with Crippen LogP contribution >= 0.6 is 0 Å². The van der Waals surface area contributed by atoms with Gasteiger partial charge in [-0.3, -0.25) is 4.79 Å². The maximum Gasteiger partial charge on any atom is 0.227 e. The van der Waals surface area contributed by atoms with Gasteiger partial charge in [0, 0.05) is 6.54 Å². The molecule has 1 aliphatic rings. The molecule has 0 radical (unpaired) electrons. The number of carbonyl (C=O) groups excluding carboxylic acids is 1. The fraction of sp³-hybridized carbons (Fsp3) is 0.462. The summed E-state index contributed by atoms with van der Waals surface area (Å²) in [6.45, 7) is 0.928. The zero-order valence-electron chi connectivity index (χ0n) is 10.3. The lowest BCUT2D eigenvalue weighted by atomic mass is 10.1. The molecule has 0 aromatic heterocycles. The monoisotopic (exact) mass is 271 g/mol. The SMILES string of the molecule is O=C(Cc1ccc(F)c(F)c1)N1CCOCC1CO. The van der Waals surface area contributed by atoms with Gasteiger partial charge in [0.25, 0.3) is 0 Å². The Labute approximate surface area is 109 Å². The first kappa shape index (κ1) is 13.9. The molecule has 0 saturated carbocycles. The summed E-state index contributed by atoms with van der Waals surface area (Å²) in [4.78, 5) is 13.6. The summed E-state index contributed by atoms with van der Waals surface area (Å²) < 4.78 is 31.0. The van der Waals surface area contributed by atoms with Crippen LogP contribution in [0, 0.1) is 11.6 Å². The molecule has 1 atom stereocenters. The molecule has 0 spiro atoms. The summed E-state index contributed by atoms with van der Waals surface area (Å²) in [6, 6.07) is 3.03. The van der Waals surface area contributed by atoms with Crippen molar-refractivity contribution in [2.24, 2.45) is 0 Å². The number of hydrogen-bond donors (Lipinski definition) is 1.